The van der Waals surface area contributed by atoms with Crippen molar-refractivity contribution in [2.75, 3.05) is 0 Å². The van der Waals surface area contributed by atoms with Crippen LogP contribution in [-0.2, 0) is 0 Å². The van der Waals surface area contributed by atoms with Gasteiger partial charge in [0.25, 0.3) is 0 Å². The molecule has 2 atom stereocenters. The van der Waals surface area contributed by atoms with Crippen LogP contribution >= 0.6 is 11.6 Å². The molecule has 0 spiro atoms. The number of halogens is 1. The molecule has 0 saturated carbocycles. The standard InChI is InChI=1S/C16H15ClO2/c1-10-3-2-4-11(7-10)16-9-14(18)13-8-12(17)5-6-15(13)19-16/h2-8,14,16,18H,9H2,1H3. The molecule has 0 saturated heterocycles. The molecule has 0 radical (unpaired) electrons. The van der Waals surface area contributed by atoms with Crippen molar-refractivity contribution in [2.24, 2.45) is 0 Å². The summed E-state index contributed by atoms with van der Waals surface area (Å²) in [5.41, 5.74) is 3.06. The van der Waals surface area contributed by atoms with E-state index in [-0.39, 0.29) is 6.10 Å². The minimum absolute atomic E-state index is 0.108. The highest BCUT2D eigenvalue weighted by atomic mass is 35.5. The summed E-state index contributed by atoms with van der Waals surface area (Å²) in [7, 11) is 0. The van der Waals surface area contributed by atoms with Crippen molar-refractivity contribution in [3.05, 3.63) is 64.2 Å². The number of ether oxygens (including phenoxy) is 1. The van der Waals surface area contributed by atoms with E-state index in [4.69, 9.17) is 16.3 Å². The molecule has 2 nitrogen and oxygen atoms in total. The van der Waals surface area contributed by atoms with E-state index >= 15 is 0 Å². The molecule has 0 aromatic heterocycles. The Hall–Kier alpha value is -1.51. The van der Waals surface area contributed by atoms with Gasteiger partial charge >= 0.3 is 0 Å². The molecule has 0 fully saturated rings. The second kappa shape index (κ2) is 4.87. The van der Waals surface area contributed by atoms with E-state index in [2.05, 4.69) is 19.1 Å². The lowest BCUT2D eigenvalue weighted by Crippen LogP contribution is -2.19. The minimum atomic E-state index is -0.534. The monoisotopic (exact) mass is 274 g/mol. The first-order valence-corrected chi connectivity index (χ1v) is 6.72. The van der Waals surface area contributed by atoms with Crippen LogP contribution in [0.5, 0.6) is 5.75 Å². The summed E-state index contributed by atoms with van der Waals surface area (Å²) in [6, 6.07) is 13.6. The van der Waals surface area contributed by atoms with Crippen molar-refractivity contribution in [3.8, 4) is 5.75 Å². The van der Waals surface area contributed by atoms with Crippen molar-refractivity contribution < 1.29 is 9.84 Å². The smallest absolute Gasteiger partial charge is 0.127 e. The van der Waals surface area contributed by atoms with Gasteiger partial charge in [-0.25, -0.2) is 0 Å². The van der Waals surface area contributed by atoms with Crippen LogP contribution in [0.4, 0.5) is 0 Å². The Bertz CT molecular complexity index is 609. The van der Waals surface area contributed by atoms with E-state index in [1.807, 2.05) is 18.2 Å². The van der Waals surface area contributed by atoms with Crippen LogP contribution in [0.25, 0.3) is 0 Å². The fraction of sp³-hybridized carbons (Fsp3) is 0.250. The Labute approximate surface area is 117 Å². The molecule has 1 N–H and O–H groups in total. The summed E-state index contributed by atoms with van der Waals surface area (Å²) in [6.45, 7) is 2.05. The predicted molar refractivity (Wildman–Crippen MR) is 75.6 cm³/mol. The minimum Gasteiger partial charge on any atom is -0.485 e. The van der Waals surface area contributed by atoms with E-state index in [9.17, 15) is 5.11 Å². The van der Waals surface area contributed by atoms with Crippen molar-refractivity contribution in [2.45, 2.75) is 25.6 Å². The molecule has 2 aromatic rings. The molecule has 2 aromatic carbocycles. The van der Waals surface area contributed by atoms with Gasteiger partial charge in [0.05, 0.1) is 6.10 Å². The van der Waals surface area contributed by atoms with Gasteiger partial charge in [-0.2, -0.15) is 0 Å². The van der Waals surface area contributed by atoms with Crippen molar-refractivity contribution >= 4 is 11.6 Å². The normalized spacial score (nSPS) is 21.6. The van der Waals surface area contributed by atoms with Crippen LogP contribution in [0.3, 0.4) is 0 Å². The summed E-state index contributed by atoms with van der Waals surface area (Å²) in [4.78, 5) is 0. The maximum absolute atomic E-state index is 10.2. The second-order valence-corrected chi connectivity index (χ2v) is 5.39. The lowest BCUT2D eigenvalue weighted by Gasteiger charge is -2.30. The topological polar surface area (TPSA) is 29.5 Å². The summed E-state index contributed by atoms with van der Waals surface area (Å²) >= 11 is 5.95. The van der Waals surface area contributed by atoms with Gasteiger partial charge in [0.1, 0.15) is 11.9 Å². The van der Waals surface area contributed by atoms with Crippen LogP contribution in [-0.4, -0.2) is 5.11 Å². The zero-order chi connectivity index (χ0) is 13.4. The van der Waals surface area contributed by atoms with Crippen LogP contribution < -0.4 is 4.74 Å². The van der Waals surface area contributed by atoms with Gasteiger partial charge in [-0.15, -0.1) is 0 Å². The average Bonchev–Trinajstić information content (AvgIpc) is 2.39. The Kier molecular flexibility index (Phi) is 3.21. The highest BCUT2D eigenvalue weighted by molar-refractivity contribution is 6.30. The number of benzene rings is 2. The molecule has 1 aliphatic heterocycles. The Morgan fingerprint density at radius 1 is 1.21 bits per heavy atom. The number of hydrogen-bond donors (Lipinski definition) is 1. The van der Waals surface area contributed by atoms with Crippen molar-refractivity contribution in [3.63, 3.8) is 0 Å². The quantitative estimate of drug-likeness (QED) is 0.844. The first kappa shape index (κ1) is 12.5. The number of hydrogen-bond acceptors (Lipinski definition) is 2. The van der Waals surface area contributed by atoms with Gasteiger partial charge in [-0.3, -0.25) is 0 Å². The Morgan fingerprint density at radius 3 is 2.84 bits per heavy atom. The number of aliphatic hydroxyl groups is 1. The SMILES string of the molecule is Cc1cccc(C2CC(O)c3cc(Cl)ccc3O2)c1. The lowest BCUT2D eigenvalue weighted by atomic mass is 9.94. The molecule has 2 unspecified atom stereocenters. The zero-order valence-electron chi connectivity index (χ0n) is 10.6. The molecule has 1 heterocycles. The summed E-state index contributed by atoms with van der Waals surface area (Å²) in [6.07, 6.45) is -0.0897. The molecule has 19 heavy (non-hydrogen) atoms. The maximum atomic E-state index is 10.2. The van der Waals surface area contributed by atoms with Crippen LogP contribution in [0.2, 0.25) is 5.02 Å². The molecule has 3 rings (SSSR count). The maximum Gasteiger partial charge on any atom is 0.127 e. The molecule has 0 aliphatic carbocycles. The van der Waals surface area contributed by atoms with E-state index in [1.54, 1.807) is 12.1 Å². The highest BCUT2D eigenvalue weighted by Gasteiger charge is 2.28. The van der Waals surface area contributed by atoms with Crippen LogP contribution in [0.1, 0.15) is 35.3 Å². The van der Waals surface area contributed by atoms with Crippen molar-refractivity contribution in [1.82, 2.24) is 0 Å². The van der Waals surface area contributed by atoms with Crippen molar-refractivity contribution in [1.29, 1.82) is 0 Å². The molecule has 0 amide bonds. The third kappa shape index (κ3) is 2.46. The summed E-state index contributed by atoms with van der Waals surface area (Å²) in [5.74, 6) is 0.717. The molecule has 98 valence electrons. The third-order valence-electron chi connectivity index (χ3n) is 3.45. The largest absolute Gasteiger partial charge is 0.485 e. The predicted octanol–water partition coefficient (Wildman–Crippen LogP) is 4.21. The van der Waals surface area contributed by atoms with Gasteiger partial charge in [0, 0.05) is 17.0 Å². The molecule has 1 aliphatic rings. The molecule has 3 heteroatoms. The van der Waals surface area contributed by atoms with E-state index in [0.717, 1.165) is 16.9 Å². The molecular weight excluding hydrogens is 260 g/mol. The summed E-state index contributed by atoms with van der Waals surface area (Å²) < 4.78 is 5.98. The van der Waals surface area contributed by atoms with E-state index in [0.29, 0.717) is 11.4 Å². The van der Waals surface area contributed by atoms with E-state index < -0.39 is 6.10 Å². The van der Waals surface area contributed by atoms with Gasteiger partial charge in [-0.05, 0) is 30.7 Å². The van der Waals surface area contributed by atoms with Gasteiger partial charge in [-0.1, -0.05) is 41.4 Å². The second-order valence-electron chi connectivity index (χ2n) is 4.95. The third-order valence-corrected chi connectivity index (χ3v) is 3.69. The van der Waals surface area contributed by atoms with Crippen LogP contribution in [0.15, 0.2) is 42.5 Å². The van der Waals surface area contributed by atoms with Gasteiger partial charge in [0.2, 0.25) is 0 Å². The summed E-state index contributed by atoms with van der Waals surface area (Å²) in [5, 5.41) is 10.9. The highest BCUT2D eigenvalue weighted by Crippen LogP contribution is 2.41. The Balaban J connectivity index is 1.95. The van der Waals surface area contributed by atoms with E-state index in [1.165, 1.54) is 5.56 Å². The first-order valence-electron chi connectivity index (χ1n) is 6.34. The molecular formula is C16H15ClO2. The zero-order valence-corrected chi connectivity index (χ0v) is 11.4. The molecule has 0 bridgehead atoms. The first-order chi connectivity index (χ1) is 9.13. The fourth-order valence-electron chi connectivity index (χ4n) is 2.49. The number of aryl methyl sites for hydroxylation is 1. The Morgan fingerprint density at radius 2 is 2.05 bits per heavy atom. The number of rotatable bonds is 1. The number of aliphatic hydroxyl groups excluding tert-OH is 1. The van der Waals surface area contributed by atoms with Gasteiger partial charge in [0.15, 0.2) is 0 Å². The fourth-order valence-corrected chi connectivity index (χ4v) is 2.67. The average molecular weight is 275 g/mol. The lowest BCUT2D eigenvalue weighted by molar-refractivity contribution is 0.0657. The van der Waals surface area contributed by atoms with Gasteiger partial charge < -0.3 is 9.84 Å². The number of fused-ring (bicyclic) bond motifs is 1. The van der Waals surface area contributed by atoms with Crippen LogP contribution in [0, 0.1) is 6.92 Å².